The topological polar surface area (TPSA) is 33.4 Å². The highest BCUT2D eigenvalue weighted by atomic mass is 35.5. The summed E-state index contributed by atoms with van der Waals surface area (Å²) < 4.78 is 2.02. The lowest BCUT2D eigenvalue weighted by molar-refractivity contribution is 0.354. The Morgan fingerprint density at radius 3 is 2.35 bits per heavy atom. The van der Waals surface area contributed by atoms with E-state index in [9.17, 15) is 0 Å². The van der Waals surface area contributed by atoms with Crippen molar-refractivity contribution >= 4 is 23.1 Å². The zero-order valence-electron chi connectivity index (χ0n) is 15.8. The summed E-state index contributed by atoms with van der Waals surface area (Å²) in [6, 6.07) is 9.89. The maximum atomic E-state index is 6.03. The summed E-state index contributed by atoms with van der Waals surface area (Å²) in [5.41, 5.74) is 5.17. The van der Waals surface area contributed by atoms with Gasteiger partial charge in [-0.25, -0.2) is 4.98 Å². The minimum absolute atomic E-state index is 0.688. The van der Waals surface area contributed by atoms with E-state index in [-0.39, 0.29) is 0 Å². The van der Waals surface area contributed by atoms with Gasteiger partial charge in [0.1, 0.15) is 5.82 Å². The lowest BCUT2D eigenvalue weighted by atomic mass is 9.91. The van der Waals surface area contributed by atoms with Gasteiger partial charge in [-0.1, -0.05) is 37.6 Å². The molecule has 5 heteroatoms. The molecular weight excluding hydrogens is 344 g/mol. The Labute approximate surface area is 159 Å². The average Bonchev–Trinajstić information content (AvgIpc) is 2.98. The first-order valence-electron chi connectivity index (χ1n) is 9.30. The van der Waals surface area contributed by atoms with Crippen LogP contribution in [0, 0.1) is 25.7 Å². The van der Waals surface area contributed by atoms with E-state index < -0.39 is 0 Å². The second-order valence-electron chi connectivity index (χ2n) is 7.80. The van der Waals surface area contributed by atoms with Crippen LogP contribution in [0.15, 0.2) is 30.3 Å². The molecule has 26 heavy (non-hydrogen) atoms. The first-order chi connectivity index (χ1) is 12.4. The monoisotopic (exact) mass is 368 g/mol. The highest BCUT2D eigenvalue weighted by molar-refractivity contribution is 6.30. The van der Waals surface area contributed by atoms with Crippen molar-refractivity contribution in [2.45, 2.75) is 34.1 Å². The van der Waals surface area contributed by atoms with Gasteiger partial charge in [-0.05, 0) is 44.2 Å². The quantitative estimate of drug-likeness (QED) is 0.627. The highest BCUT2D eigenvalue weighted by Gasteiger charge is 2.26. The largest absolute Gasteiger partial charge is 0.356 e. The molecule has 0 radical (unpaired) electrons. The summed E-state index contributed by atoms with van der Waals surface area (Å²) in [5, 5.41) is 5.64. The van der Waals surface area contributed by atoms with Crippen molar-refractivity contribution in [2.24, 2.45) is 11.8 Å². The number of fused-ring (bicyclic) bond motifs is 1. The zero-order chi connectivity index (χ0) is 18.4. The second kappa shape index (κ2) is 6.58. The number of aryl methyl sites for hydroxylation is 1. The molecule has 3 aromatic rings. The number of rotatable bonds is 2. The molecule has 3 heterocycles. The number of hydrogen-bond donors (Lipinski definition) is 0. The molecule has 0 unspecified atom stereocenters. The van der Waals surface area contributed by atoms with Crippen LogP contribution in [-0.2, 0) is 0 Å². The SMILES string of the molecule is Cc1nc2cc(-c3ccc(Cl)cc3)nn2c(N2C[C@@H](C)C[C@H](C)C2)c1C. The average molecular weight is 369 g/mol. The molecule has 0 saturated carbocycles. The van der Waals surface area contributed by atoms with E-state index in [1.165, 1.54) is 17.8 Å². The van der Waals surface area contributed by atoms with Gasteiger partial charge >= 0.3 is 0 Å². The molecule has 1 aromatic carbocycles. The lowest BCUT2D eigenvalue weighted by Gasteiger charge is -2.37. The third kappa shape index (κ3) is 3.07. The van der Waals surface area contributed by atoms with Crippen LogP contribution in [0.5, 0.6) is 0 Å². The molecule has 0 N–H and O–H groups in total. The van der Waals surface area contributed by atoms with E-state index in [0.29, 0.717) is 11.8 Å². The van der Waals surface area contributed by atoms with E-state index >= 15 is 0 Å². The molecule has 4 nitrogen and oxygen atoms in total. The molecule has 1 fully saturated rings. The molecule has 1 saturated heterocycles. The Bertz CT molecular complexity index is 935. The summed E-state index contributed by atoms with van der Waals surface area (Å²) >= 11 is 6.03. The molecule has 0 aliphatic carbocycles. The van der Waals surface area contributed by atoms with Gasteiger partial charge in [0.05, 0.1) is 5.69 Å². The predicted octanol–water partition coefficient (Wildman–Crippen LogP) is 5.15. The van der Waals surface area contributed by atoms with Gasteiger partial charge < -0.3 is 4.90 Å². The van der Waals surface area contributed by atoms with E-state index in [0.717, 1.165) is 40.7 Å². The van der Waals surface area contributed by atoms with Gasteiger partial charge in [0.25, 0.3) is 0 Å². The van der Waals surface area contributed by atoms with Crippen molar-refractivity contribution < 1.29 is 0 Å². The Morgan fingerprint density at radius 1 is 1.04 bits per heavy atom. The fourth-order valence-electron chi connectivity index (χ4n) is 4.15. The maximum absolute atomic E-state index is 6.03. The molecule has 0 spiro atoms. The van der Waals surface area contributed by atoms with Crippen LogP contribution >= 0.6 is 11.6 Å². The minimum Gasteiger partial charge on any atom is -0.356 e. The zero-order valence-corrected chi connectivity index (χ0v) is 16.6. The molecule has 2 aromatic heterocycles. The molecule has 0 amide bonds. The summed E-state index contributed by atoms with van der Waals surface area (Å²) in [7, 11) is 0. The third-order valence-corrected chi connectivity index (χ3v) is 5.61. The number of hydrogen-bond acceptors (Lipinski definition) is 3. The van der Waals surface area contributed by atoms with E-state index in [1.54, 1.807) is 0 Å². The standard InChI is InChI=1S/C21H25ClN4/c1-13-9-14(2)12-25(11-13)21-15(3)16(4)23-20-10-19(24-26(20)21)17-5-7-18(22)8-6-17/h5-8,10,13-14H,9,11-12H2,1-4H3/t13-,14-/m0/s1. The van der Waals surface area contributed by atoms with Crippen LogP contribution in [-0.4, -0.2) is 27.7 Å². The molecule has 2 atom stereocenters. The Hall–Kier alpha value is -2.07. The number of nitrogens with zero attached hydrogens (tertiary/aromatic N) is 4. The first-order valence-corrected chi connectivity index (χ1v) is 9.68. The fourth-order valence-corrected chi connectivity index (χ4v) is 4.28. The van der Waals surface area contributed by atoms with Crippen LogP contribution < -0.4 is 4.90 Å². The van der Waals surface area contributed by atoms with Gasteiger partial charge in [-0.3, -0.25) is 0 Å². The van der Waals surface area contributed by atoms with Crippen LogP contribution in [0.1, 0.15) is 31.5 Å². The van der Waals surface area contributed by atoms with Crippen molar-refractivity contribution in [1.82, 2.24) is 14.6 Å². The molecule has 4 rings (SSSR count). The van der Waals surface area contributed by atoms with Crippen molar-refractivity contribution in [3.63, 3.8) is 0 Å². The normalized spacial score (nSPS) is 20.7. The van der Waals surface area contributed by atoms with Gasteiger partial charge in [0, 0.05) is 41.0 Å². The summed E-state index contributed by atoms with van der Waals surface area (Å²) in [4.78, 5) is 7.27. The summed E-state index contributed by atoms with van der Waals surface area (Å²) in [5.74, 6) is 2.56. The third-order valence-electron chi connectivity index (χ3n) is 5.36. The number of piperidine rings is 1. The number of anilines is 1. The van der Waals surface area contributed by atoms with E-state index in [4.69, 9.17) is 21.7 Å². The number of halogens is 1. The number of aromatic nitrogens is 3. The molecule has 1 aliphatic heterocycles. The Morgan fingerprint density at radius 2 is 1.69 bits per heavy atom. The van der Waals surface area contributed by atoms with Gasteiger partial charge in [0.2, 0.25) is 0 Å². The minimum atomic E-state index is 0.688. The molecular formula is C21H25ClN4. The van der Waals surface area contributed by atoms with Crippen molar-refractivity contribution in [1.29, 1.82) is 0 Å². The van der Waals surface area contributed by atoms with Crippen LogP contribution in [0.3, 0.4) is 0 Å². The predicted molar refractivity (Wildman–Crippen MR) is 108 cm³/mol. The Kier molecular flexibility index (Phi) is 4.39. The van der Waals surface area contributed by atoms with Crippen LogP contribution in [0.2, 0.25) is 5.02 Å². The fraction of sp³-hybridized carbons (Fsp3) is 0.429. The molecule has 0 bridgehead atoms. The van der Waals surface area contributed by atoms with Gasteiger partial charge in [0.15, 0.2) is 5.65 Å². The van der Waals surface area contributed by atoms with Gasteiger partial charge in [-0.15, -0.1) is 0 Å². The Balaban J connectivity index is 1.86. The van der Waals surface area contributed by atoms with Crippen molar-refractivity contribution in [3.8, 4) is 11.3 Å². The first kappa shape index (κ1) is 17.3. The summed E-state index contributed by atoms with van der Waals surface area (Å²) in [6.07, 6.45) is 1.29. The van der Waals surface area contributed by atoms with Crippen molar-refractivity contribution in [3.05, 3.63) is 46.6 Å². The maximum Gasteiger partial charge on any atom is 0.158 e. The van der Waals surface area contributed by atoms with E-state index in [2.05, 4.69) is 38.7 Å². The number of benzene rings is 1. The van der Waals surface area contributed by atoms with Gasteiger partial charge in [-0.2, -0.15) is 9.61 Å². The smallest absolute Gasteiger partial charge is 0.158 e. The summed E-state index contributed by atoms with van der Waals surface area (Å²) in [6.45, 7) is 11.1. The van der Waals surface area contributed by atoms with Crippen LogP contribution in [0.4, 0.5) is 5.82 Å². The lowest BCUT2D eigenvalue weighted by Crippen LogP contribution is -2.40. The molecule has 136 valence electrons. The molecule has 1 aliphatic rings. The van der Waals surface area contributed by atoms with Crippen LogP contribution in [0.25, 0.3) is 16.9 Å². The second-order valence-corrected chi connectivity index (χ2v) is 8.24. The highest BCUT2D eigenvalue weighted by Crippen LogP contribution is 2.31. The van der Waals surface area contributed by atoms with E-state index in [1.807, 2.05) is 28.8 Å². The van der Waals surface area contributed by atoms with Crippen molar-refractivity contribution in [2.75, 3.05) is 18.0 Å².